The van der Waals surface area contributed by atoms with E-state index in [9.17, 15) is 5.11 Å². The molecular weight excluding hydrogens is 206 g/mol. The van der Waals surface area contributed by atoms with Crippen LogP contribution in [0.15, 0.2) is 16.8 Å². The van der Waals surface area contributed by atoms with Gasteiger partial charge < -0.3 is 10.4 Å². The second kappa shape index (κ2) is 5.10. The number of aliphatic hydroxyl groups excluding tert-OH is 1. The highest BCUT2D eigenvalue weighted by Crippen LogP contribution is 2.33. The van der Waals surface area contributed by atoms with Crippen molar-refractivity contribution in [2.24, 2.45) is 5.41 Å². The first-order valence-electron chi connectivity index (χ1n) is 5.67. The van der Waals surface area contributed by atoms with Crippen molar-refractivity contribution in [3.05, 3.63) is 22.4 Å². The molecule has 2 heterocycles. The van der Waals surface area contributed by atoms with Crippen LogP contribution in [0.5, 0.6) is 0 Å². The Morgan fingerprint density at radius 3 is 2.80 bits per heavy atom. The Hall–Kier alpha value is -0.380. The third-order valence-electron chi connectivity index (χ3n) is 3.52. The van der Waals surface area contributed by atoms with Gasteiger partial charge in [0.2, 0.25) is 0 Å². The Morgan fingerprint density at radius 2 is 2.20 bits per heavy atom. The Morgan fingerprint density at radius 1 is 1.40 bits per heavy atom. The van der Waals surface area contributed by atoms with Gasteiger partial charge in [-0.15, -0.1) is 0 Å². The first kappa shape index (κ1) is 11.1. The second-order valence-electron chi connectivity index (χ2n) is 4.54. The molecule has 2 rings (SSSR count). The molecule has 1 aliphatic heterocycles. The summed E-state index contributed by atoms with van der Waals surface area (Å²) in [5.74, 6) is 0. The molecular formula is C12H19NOS. The molecule has 0 radical (unpaired) electrons. The molecule has 1 aromatic heterocycles. The zero-order valence-corrected chi connectivity index (χ0v) is 9.85. The first-order chi connectivity index (χ1) is 7.35. The van der Waals surface area contributed by atoms with Crippen molar-refractivity contribution in [1.82, 2.24) is 5.32 Å². The van der Waals surface area contributed by atoms with Crippen LogP contribution in [0.25, 0.3) is 0 Å². The lowest BCUT2D eigenvalue weighted by atomic mass is 9.75. The van der Waals surface area contributed by atoms with E-state index in [1.807, 2.05) is 0 Å². The summed E-state index contributed by atoms with van der Waals surface area (Å²) in [7, 11) is 0. The van der Waals surface area contributed by atoms with E-state index in [4.69, 9.17) is 0 Å². The number of hydrogen-bond acceptors (Lipinski definition) is 3. The molecule has 1 aliphatic rings. The maximum Gasteiger partial charge on any atom is 0.0488 e. The standard InChI is InChI=1S/C12H19NOS/c14-10-12(4-6-13-7-5-12)3-1-11-2-8-15-9-11/h2,8-9,13-14H,1,3-7,10H2. The number of aryl methyl sites for hydroxylation is 1. The normalized spacial score (nSPS) is 20.3. The first-order valence-corrected chi connectivity index (χ1v) is 6.62. The molecule has 0 aliphatic carbocycles. The maximum absolute atomic E-state index is 9.54. The highest BCUT2D eigenvalue weighted by atomic mass is 32.1. The molecule has 1 fully saturated rings. The van der Waals surface area contributed by atoms with Gasteiger partial charge in [-0.2, -0.15) is 11.3 Å². The Bertz CT molecular complexity index is 278. The number of piperidine rings is 1. The van der Waals surface area contributed by atoms with Crippen LogP contribution < -0.4 is 5.32 Å². The van der Waals surface area contributed by atoms with E-state index in [-0.39, 0.29) is 5.41 Å². The lowest BCUT2D eigenvalue weighted by molar-refractivity contribution is 0.0806. The smallest absolute Gasteiger partial charge is 0.0488 e. The largest absolute Gasteiger partial charge is 0.396 e. The Labute approximate surface area is 95.3 Å². The molecule has 2 N–H and O–H groups in total. The minimum Gasteiger partial charge on any atom is -0.396 e. The van der Waals surface area contributed by atoms with E-state index in [0.29, 0.717) is 6.61 Å². The van der Waals surface area contributed by atoms with Crippen molar-refractivity contribution in [2.75, 3.05) is 19.7 Å². The van der Waals surface area contributed by atoms with E-state index in [2.05, 4.69) is 22.1 Å². The van der Waals surface area contributed by atoms with E-state index < -0.39 is 0 Å². The maximum atomic E-state index is 9.54. The third kappa shape index (κ3) is 2.80. The van der Waals surface area contributed by atoms with Gasteiger partial charge in [0.15, 0.2) is 0 Å². The second-order valence-corrected chi connectivity index (χ2v) is 5.32. The Balaban J connectivity index is 1.89. The molecule has 0 spiro atoms. The van der Waals surface area contributed by atoms with E-state index in [1.165, 1.54) is 5.56 Å². The quantitative estimate of drug-likeness (QED) is 0.822. The van der Waals surface area contributed by atoms with Crippen LogP contribution in [0.3, 0.4) is 0 Å². The molecule has 0 atom stereocenters. The van der Waals surface area contributed by atoms with Gasteiger partial charge >= 0.3 is 0 Å². The predicted octanol–water partition coefficient (Wildman–Crippen LogP) is 2.04. The van der Waals surface area contributed by atoms with Crippen LogP contribution in [0.1, 0.15) is 24.8 Å². The van der Waals surface area contributed by atoms with Crippen LogP contribution >= 0.6 is 11.3 Å². The predicted molar refractivity (Wildman–Crippen MR) is 64.3 cm³/mol. The zero-order valence-electron chi connectivity index (χ0n) is 9.04. The van der Waals surface area contributed by atoms with Gasteiger partial charge in [-0.1, -0.05) is 0 Å². The third-order valence-corrected chi connectivity index (χ3v) is 4.26. The molecule has 0 aromatic carbocycles. The molecule has 0 unspecified atom stereocenters. The summed E-state index contributed by atoms with van der Waals surface area (Å²) >= 11 is 1.76. The molecule has 0 bridgehead atoms. The van der Waals surface area contributed by atoms with E-state index in [1.54, 1.807) is 11.3 Å². The minimum absolute atomic E-state index is 0.188. The van der Waals surface area contributed by atoms with Gasteiger partial charge in [0.25, 0.3) is 0 Å². The van der Waals surface area contributed by atoms with Gasteiger partial charge in [-0.25, -0.2) is 0 Å². The molecule has 15 heavy (non-hydrogen) atoms. The van der Waals surface area contributed by atoms with Crippen molar-refractivity contribution in [3.8, 4) is 0 Å². The highest BCUT2D eigenvalue weighted by Gasteiger charge is 2.30. The van der Waals surface area contributed by atoms with Gasteiger partial charge in [-0.05, 0) is 66.6 Å². The van der Waals surface area contributed by atoms with Crippen LogP contribution in [-0.2, 0) is 6.42 Å². The van der Waals surface area contributed by atoms with Crippen molar-refractivity contribution >= 4 is 11.3 Å². The summed E-state index contributed by atoms with van der Waals surface area (Å²) in [6.07, 6.45) is 4.48. The van der Waals surface area contributed by atoms with Gasteiger partial charge in [0.1, 0.15) is 0 Å². The van der Waals surface area contributed by atoms with Gasteiger partial charge in [0.05, 0.1) is 0 Å². The van der Waals surface area contributed by atoms with Crippen LogP contribution in [-0.4, -0.2) is 24.8 Å². The van der Waals surface area contributed by atoms with Crippen LogP contribution in [0.4, 0.5) is 0 Å². The summed E-state index contributed by atoms with van der Waals surface area (Å²) in [6, 6.07) is 2.19. The molecule has 0 saturated carbocycles. The lowest BCUT2D eigenvalue weighted by Gasteiger charge is -2.36. The summed E-state index contributed by atoms with van der Waals surface area (Å²) in [5.41, 5.74) is 1.61. The number of nitrogens with one attached hydrogen (secondary N) is 1. The van der Waals surface area contributed by atoms with Crippen molar-refractivity contribution in [2.45, 2.75) is 25.7 Å². The van der Waals surface area contributed by atoms with Crippen molar-refractivity contribution in [1.29, 1.82) is 0 Å². The number of hydrogen-bond donors (Lipinski definition) is 2. The summed E-state index contributed by atoms with van der Waals surface area (Å²) in [5, 5.41) is 17.2. The highest BCUT2D eigenvalue weighted by molar-refractivity contribution is 7.07. The topological polar surface area (TPSA) is 32.3 Å². The molecule has 3 heteroatoms. The summed E-state index contributed by atoms with van der Waals surface area (Å²) in [4.78, 5) is 0. The van der Waals surface area contributed by atoms with Crippen molar-refractivity contribution in [3.63, 3.8) is 0 Å². The van der Waals surface area contributed by atoms with Crippen LogP contribution in [0.2, 0.25) is 0 Å². The average molecular weight is 225 g/mol. The fourth-order valence-corrected chi connectivity index (χ4v) is 2.99. The van der Waals surface area contributed by atoms with Crippen LogP contribution in [0, 0.1) is 5.41 Å². The number of thiophene rings is 1. The number of aliphatic hydroxyl groups is 1. The molecule has 1 aromatic rings. The zero-order chi connectivity index (χ0) is 10.6. The molecule has 2 nitrogen and oxygen atoms in total. The summed E-state index contributed by atoms with van der Waals surface area (Å²) < 4.78 is 0. The van der Waals surface area contributed by atoms with E-state index in [0.717, 1.165) is 38.8 Å². The SMILES string of the molecule is OCC1(CCc2ccsc2)CCNCC1. The minimum atomic E-state index is 0.188. The Kier molecular flexibility index (Phi) is 3.78. The van der Waals surface area contributed by atoms with E-state index >= 15 is 0 Å². The fraction of sp³-hybridized carbons (Fsp3) is 0.667. The van der Waals surface area contributed by atoms with Gasteiger partial charge in [0, 0.05) is 6.61 Å². The fourth-order valence-electron chi connectivity index (χ4n) is 2.29. The number of rotatable bonds is 4. The van der Waals surface area contributed by atoms with Crippen molar-refractivity contribution < 1.29 is 5.11 Å². The summed E-state index contributed by atoms with van der Waals surface area (Å²) in [6.45, 7) is 2.47. The lowest BCUT2D eigenvalue weighted by Crippen LogP contribution is -2.39. The molecule has 1 saturated heterocycles. The molecule has 84 valence electrons. The van der Waals surface area contributed by atoms with Gasteiger partial charge in [-0.3, -0.25) is 0 Å². The monoisotopic (exact) mass is 225 g/mol. The average Bonchev–Trinajstić information content (AvgIpc) is 2.81. The molecule has 0 amide bonds.